The van der Waals surface area contributed by atoms with Gasteiger partial charge in [0.05, 0.1) is 15.0 Å². The third-order valence-electron chi connectivity index (χ3n) is 2.70. The molecule has 2 N–H and O–H groups in total. The third-order valence-corrected chi connectivity index (χ3v) is 5.00. The molecule has 102 valence electrons. The number of aromatic nitrogens is 1. The predicted octanol–water partition coefficient (Wildman–Crippen LogP) is 4.53. The van der Waals surface area contributed by atoms with Gasteiger partial charge in [-0.25, -0.2) is 4.98 Å². The fraction of sp³-hybridized carbons (Fsp3) is 0.308. The van der Waals surface area contributed by atoms with E-state index in [1.165, 1.54) is 4.88 Å². The van der Waals surface area contributed by atoms with Gasteiger partial charge >= 0.3 is 0 Å². The lowest BCUT2D eigenvalue weighted by molar-refractivity contribution is 0.467. The second-order valence-corrected chi connectivity index (χ2v) is 7.29. The smallest absolute Gasteiger partial charge is 0.143 e. The Morgan fingerprint density at radius 1 is 1.37 bits per heavy atom. The second kappa shape index (κ2) is 6.35. The Labute approximate surface area is 133 Å². The lowest BCUT2D eigenvalue weighted by Gasteiger charge is -2.12. The molecule has 0 saturated carbocycles. The van der Waals surface area contributed by atoms with Gasteiger partial charge in [-0.15, -0.1) is 11.3 Å². The largest absolute Gasteiger partial charge is 0.506 e. The number of hydrogen-bond acceptors (Lipinski definition) is 4. The predicted molar refractivity (Wildman–Crippen MR) is 85.6 cm³/mol. The molecule has 1 aromatic carbocycles. The van der Waals surface area contributed by atoms with Crippen LogP contribution < -0.4 is 5.32 Å². The van der Waals surface area contributed by atoms with E-state index in [1.54, 1.807) is 11.3 Å². The Kier molecular flexibility index (Phi) is 5.00. The second-order valence-electron chi connectivity index (χ2n) is 4.32. The summed E-state index contributed by atoms with van der Waals surface area (Å²) in [7, 11) is 0. The number of rotatable bonds is 4. The zero-order valence-electron chi connectivity index (χ0n) is 10.6. The number of hydrogen-bond donors (Lipinski definition) is 2. The molecule has 19 heavy (non-hydrogen) atoms. The summed E-state index contributed by atoms with van der Waals surface area (Å²) in [6.45, 7) is 4.88. The maximum atomic E-state index is 9.67. The number of phenolic OH excluding ortho intramolecular Hbond substituents is 1. The van der Waals surface area contributed by atoms with Crippen LogP contribution in [0.2, 0.25) is 0 Å². The zero-order valence-corrected chi connectivity index (χ0v) is 14.6. The van der Waals surface area contributed by atoms with E-state index >= 15 is 0 Å². The first-order valence-electron chi connectivity index (χ1n) is 5.80. The summed E-state index contributed by atoms with van der Waals surface area (Å²) in [6.07, 6.45) is 1.89. The summed E-state index contributed by atoms with van der Waals surface area (Å²) >= 11 is 8.38. The molecule has 1 atom stereocenters. The minimum atomic E-state index is 0.213. The van der Waals surface area contributed by atoms with Gasteiger partial charge < -0.3 is 10.4 Å². The van der Waals surface area contributed by atoms with E-state index in [1.807, 2.05) is 18.3 Å². The van der Waals surface area contributed by atoms with Crippen molar-refractivity contribution in [2.45, 2.75) is 26.4 Å². The van der Waals surface area contributed by atoms with Gasteiger partial charge in [-0.1, -0.05) is 0 Å². The van der Waals surface area contributed by atoms with Crippen LogP contribution in [0.5, 0.6) is 5.75 Å². The van der Waals surface area contributed by atoms with Crippen molar-refractivity contribution in [2.24, 2.45) is 0 Å². The van der Waals surface area contributed by atoms with Crippen molar-refractivity contribution in [3.8, 4) is 5.75 Å². The first-order valence-corrected chi connectivity index (χ1v) is 8.20. The third kappa shape index (κ3) is 3.78. The highest BCUT2D eigenvalue weighted by Gasteiger charge is 2.10. The summed E-state index contributed by atoms with van der Waals surface area (Å²) in [5.74, 6) is 0.229. The minimum Gasteiger partial charge on any atom is -0.506 e. The van der Waals surface area contributed by atoms with Crippen molar-refractivity contribution in [3.63, 3.8) is 0 Å². The summed E-state index contributed by atoms with van der Waals surface area (Å²) in [4.78, 5) is 5.60. The fourth-order valence-corrected chi connectivity index (χ4v) is 3.73. The SMILES string of the molecule is Cc1cnc(C(C)NCc2cc(Br)c(O)c(Br)c2)s1. The van der Waals surface area contributed by atoms with E-state index in [0.29, 0.717) is 8.95 Å². The molecule has 3 nitrogen and oxygen atoms in total. The molecule has 0 aliphatic heterocycles. The highest BCUT2D eigenvalue weighted by Crippen LogP contribution is 2.33. The van der Waals surface area contributed by atoms with Crippen LogP contribution in [0.3, 0.4) is 0 Å². The zero-order chi connectivity index (χ0) is 14.0. The minimum absolute atomic E-state index is 0.213. The number of aromatic hydroxyl groups is 1. The average Bonchev–Trinajstić information content (AvgIpc) is 2.79. The number of nitrogens with zero attached hydrogens (tertiary/aromatic N) is 1. The van der Waals surface area contributed by atoms with Crippen LogP contribution in [0.25, 0.3) is 0 Å². The van der Waals surface area contributed by atoms with Gasteiger partial charge in [0.2, 0.25) is 0 Å². The van der Waals surface area contributed by atoms with Crippen LogP contribution in [0.15, 0.2) is 27.3 Å². The molecule has 1 aromatic heterocycles. The first kappa shape index (κ1) is 15.0. The van der Waals surface area contributed by atoms with Gasteiger partial charge in [0.15, 0.2) is 0 Å². The van der Waals surface area contributed by atoms with Crippen molar-refractivity contribution in [1.29, 1.82) is 0 Å². The topological polar surface area (TPSA) is 45.2 Å². The Morgan fingerprint density at radius 3 is 2.53 bits per heavy atom. The lowest BCUT2D eigenvalue weighted by atomic mass is 10.2. The van der Waals surface area contributed by atoms with Crippen LogP contribution in [-0.4, -0.2) is 10.1 Å². The molecule has 6 heteroatoms. The number of phenols is 1. The molecule has 0 radical (unpaired) electrons. The van der Waals surface area contributed by atoms with Crippen molar-refractivity contribution < 1.29 is 5.11 Å². The van der Waals surface area contributed by atoms with E-state index in [9.17, 15) is 5.11 Å². The molecule has 2 rings (SSSR count). The summed E-state index contributed by atoms with van der Waals surface area (Å²) in [5, 5.41) is 14.2. The standard InChI is InChI=1S/C13H14Br2N2OS/c1-7-5-17-13(19-7)8(2)16-6-9-3-10(14)12(18)11(15)4-9/h3-5,8,16,18H,6H2,1-2H3. The number of aryl methyl sites for hydroxylation is 1. The quantitative estimate of drug-likeness (QED) is 0.785. The Bertz CT molecular complexity index is 563. The van der Waals surface area contributed by atoms with Gasteiger partial charge in [0.1, 0.15) is 10.8 Å². The van der Waals surface area contributed by atoms with Crippen LogP contribution >= 0.6 is 43.2 Å². The van der Waals surface area contributed by atoms with Gasteiger partial charge in [-0.3, -0.25) is 0 Å². The van der Waals surface area contributed by atoms with Crippen molar-refractivity contribution in [1.82, 2.24) is 10.3 Å². The molecular weight excluding hydrogens is 392 g/mol. The van der Waals surface area contributed by atoms with E-state index in [0.717, 1.165) is 17.1 Å². The van der Waals surface area contributed by atoms with Crippen molar-refractivity contribution in [3.05, 3.63) is 42.7 Å². The van der Waals surface area contributed by atoms with Gasteiger partial charge in [-0.2, -0.15) is 0 Å². The van der Waals surface area contributed by atoms with E-state index < -0.39 is 0 Å². The van der Waals surface area contributed by atoms with Crippen LogP contribution in [0.4, 0.5) is 0 Å². The van der Waals surface area contributed by atoms with Gasteiger partial charge in [0.25, 0.3) is 0 Å². The monoisotopic (exact) mass is 404 g/mol. The molecule has 0 aliphatic rings. The summed E-state index contributed by atoms with van der Waals surface area (Å²) in [5.41, 5.74) is 1.09. The highest BCUT2D eigenvalue weighted by atomic mass is 79.9. The molecule has 1 heterocycles. The molecule has 0 fully saturated rings. The van der Waals surface area contributed by atoms with Crippen LogP contribution in [0, 0.1) is 6.92 Å². The van der Waals surface area contributed by atoms with Gasteiger partial charge in [0, 0.05) is 17.6 Å². The number of benzene rings is 1. The van der Waals surface area contributed by atoms with E-state index in [-0.39, 0.29) is 11.8 Å². The fourth-order valence-electron chi connectivity index (χ4n) is 1.65. The molecule has 0 aliphatic carbocycles. The molecule has 0 saturated heterocycles. The van der Waals surface area contributed by atoms with Crippen molar-refractivity contribution in [2.75, 3.05) is 0 Å². The summed E-state index contributed by atoms with van der Waals surface area (Å²) < 4.78 is 1.38. The normalized spacial score (nSPS) is 12.6. The number of nitrogens with one attached hydrogen (secondary N) is 1. The van der Waals surface area contributed by atoms with Crippen molar-refractivity contribution >= 4 is 43.2 Å². The first-order chi connectivity index (χ1) is 8.97. The molecule has 0 amide bonds. The molecular formula is C13H14Br2N2OS. The Balaban J connectivity index is 2.03. The molecule has 1 unspecified atom stereocenters. The molecule has 0 spiro atoms. The van der Waals surface area contributed by atoms with E-state index in [4.69, 9.17) is 0 Å². The maximum absolute atomic E-state index is 9.67. The highest BCUT2D eigenvalue weighted by molar-refractivity contribution is 9.11. The lowest BCUT2D eigenvalue weighted by Crippen LogP contribution is -2.17. The van der Waals surface area contributed by atoms with Crippen LogP contribution in [-0.2, 0) is 6.54 Å². The number of thiazole rings is 1. The molecule has 2 aromatic rings. The molecule has 0 bridgehead atoms. The Morgan fingerprint density at radius 2 is 2.00 bits per heavy atom. The Hall–Kier alpha value is -0.430. The van der Waals surface area contributed by atoms with Crippen LogP contribution in [0.1, 0.15) is 28.4 Å². The average molecular weight is 406 g/mol. The number of halogens is 2. The summed E-state index contributed by atoms with van der Waals surface area (Å²) in [6, 6.07) is 4.03. The maximum Gasteiger partial charge on any atom is 0.143 e. The van der Waals surface area contributed by atoms with E-state index in [2.05, 4.69) is 56.0 Å². The van der Waals surface area contributed by atoms with Gasteiger partial charge in [-0.05, 0) is 63.4 Å².